The van der Waals surface area contributed by atoms with Crippen LogP contribution in [-0.4, -0.2) is 41.9 Å². The molecule has 3 atom stereocenters. The Morgan fingerprint density at radius 3 is 2.60 bits per heavy atom. The lowest BCUT2D eigenvalue weighted by Gasteiger charge is -2.18. The first-order valence-electron chi connectivity index (χ1n) is 7.28. The van der Waals surface area contributed by atoms with Gasteiger partial charge in [-0.15, -0.1) is 0 Å². The van der Waals surface area contributed by atoms with Crippen LogP contribution in [0.4, 0.5) is 4.79 Å². The van der Waals surface area contributed by atoms with E-state index in [2.05, 4.69) is 24.5 Å². The first-order chi connectivity index (χ1) is 9.35. The van der Waals surface area contributed by atoms with E-state index >= 15 is 0 Å². The van der Waals surface area contributed by atoms with Gasteiger partial charge in [0, 0.05) is 12.6 Å². The van der Waals surface area contributed by atoms with Gasteiger partial charge in [0.15, 0.2) is 6.10 Å². The van der Waals surface area contributed by atoms with E-state index in [0.717, 1.165) is 19.3 Å². The minimum Gasteiger partial charge on any atom is -0.479 e. The minimum atomic E-state index is -0.926. The van der Waals surface area contributed by atoms with E-state index in [1.165, 1.54) is 0 Å². The molecular formula is C14H24N2O4. The number of carboxylic acids is 1. The molecule has 2 amide bonds. The molecule has 114 valence electrons. The van der Waals surface area contributed by atoms with Crippen molar-refractivity contribution in [2.24, 2.45) is 5.41 Å². The van der Waals surface area contributed by atoms with Crippen LogP contribution in [0, 0.1) is 5.41 Å². The van der Waals surface area contributed by atoms with E-state index in [4.69, 9.17) is 9.84 Å². The zero-order valence-electron chi connectivity index (χ0n) is 12.1. The molecule has 6 nitrogen and oxygen atoms in total. The van der Waals surface area contributed by atoms with Crippen LogP contribution in [0.2, 0.25) is 0 Å². The molecule has 1 aliphatic heterocycles. The summed E-state index contributed by atoms with van der Waals surface area (Å²) in [6.45, 7) is 4.79. The maximum atomic E-state index is 11.8. The minimum absolute atomic E-state index is 0.185. The highest BCUT2D eigenvalue weighted by molar-refractivity contribution is 5.74. The summed E-state index contributed by atoms with van der Waals surface area (Å²) >= 11 is 0. The van der Waals surface area contributed by atoms with Crippen LogP contribution in [0.5, 0.6) is 0 Å². The van der Waals surface area contributed by atoms with Crippen molar-refractivity contribution in [2.75, 3.05) is 6.54 Å². The molecular weight excluding hydrogens is 260 g/mol. The quantitative estimate of drug-likeness (QED) is 0.730. The number of aliphatic carboxylic acids is 1. The number of carbonyl (C=O) groups is 2. The number of amides is 2. The van der Waals surface area contributed by atoms with Crippen LogP contribution >= 0.6 is 0 Å². The molecule has 0 bridgehead atoms. The topological polar surface area (TPSA) is 87.7 Å². The molecule has 0 radical (unpaired) electrons. The number of carbonyl (C=O) groups excluding carboxylic acids is 1. The van der Waals surface area contributed by atoms with Gasteiger partial charge in [0.1, 0.15) is 0 Å². The van der Waals surface area contributed by atoms with Crippen LogP contribution < -0.4 is 10.6 Å². The van der Waals surface area contributed by atoms with Gasteiger partial charge < -0.3 is 20.5 Å². The van der Waals surface area contributed by atoms with Crippen molar-refractivity contribution in [1.82, 2.24) is 10.6 Å². The monoisotopic (exact) mass is 284 g/mol. The standard InChI is InChI=1S/C14H24N2O4/c1-14(2)6-5-9(7-14)16-13(19)15-8-10-3-4-11(20-10)12(17)18/h9-11H,3-8H2,1-2H3,(H,17,18)(H2,15,16,19). The molecule has 20 heavy (non-hydrogen) atoms. The summed E-state index contributed by atoms with van der Waals surface area (Å²) in [4.78, 5) is 22.5. The number of carboxylic acid groups (broad SMARTS) is 1. The van der Waals surface area contributed by atoms with Crippen molar-refractivity contribution in [3.63, 3.8) is 0 Å². The summed E-state index contributed by atoms with van der Waals surface area (Å²) in [5, 5.41) is 14.6. The number of hydrogen-bond donors (Lipinski definition) is 3. The molecule has 1 heterocycles. The number of ether oxygens (including phenoxy) is 1. The van der Waals surface area contributed by atoms with E-state index in [1.807, 2.05) is 0 Å². The molecule has 3 unspecified atom stereocenters. The predicted molar refractivity (Wildman–Crippen MR) is 73.5 cm³/mol. The van der Waals surface area contributed by atoms with Crippen molar-refractivity contribution < 1.29 is 19.4 Å². The fraction of sp³-hybridized carbons (Fsp3) is 0.857. The predicted octanol–water partition coefficient (Wildman–Crippen LogP) is 1.50. The summed E-state index contributed by atoms with van der Waals surface area (Å²) in [5.74, 6) is -0.926. The number of hydrogen-bond acceptors (Lipinski definition) is 3. The summed E-state index contributed by atoms with van der Waals surface area (Å²) in [6.07, 6.45) is 3.42. The second-order valence-electron chi connectivity index (χ2n) is 6.62. The summed E-state index contributed by atoms with van der Waals surface area (Å²) in [7, 11) is 0. The highest BCUT2D eigenvalue weighted by atomic mass is 16.5. The molecule has 1 saturated carbocycles. The third-order valence-corrected chi connectivity index (χ3v) is 4.18. The average molecular weight is 284 g/mol. The molecule has 0 aromatic heterocycles. The fourth-order valence-electron chi connectivity index (χ4n) is 3.04. The number of nitrogens with one attached hydrogen (secondary N) is 2. The number of urea groups is 1. The molecule has 3 N–H and O–H groups in total. The van der Waals surface area contributed by atoms with Gasteiger partial charge in [-0.2, -0.15) is 0 Å². The van der Waals surface area contributed by atoms with E-state index in [0.29, 0.717) is 24.8 Å². The molecule has 0 aromatic rings. The summed E-state index contributed by atoms with van der Waals surface area (Å²) in [6, 6.07) is 0.0522. The van der Waals surface area contributed by atoms with Gasteiger partial charge in [-0.3, -0.25) is 0 Å². The highest BCUT2D eigenvalue weighted by Gasteiger charge is 2.33. The van der Waals surface area contributed by atoms with E-state index in [1.54, 1.807) is 0 Å². The summed E-state index contributed by atoms with van der Waals surface area (Å²) < 4.78 is 5.33. The Kier molecular flexibility index (Phi) is 4.52. The normalized spacial score (nSPS) is 32.0. The highest BCUT2D eigenvalue weighted by Crippen LogP contribution is 2.36. The lowest BCUT2D eigenvalue weighted by Crippen LogP contribution is -2.44. The Morgan fingerprint density at radius 1 is 1.30 bits per heavy atom. The SMILES string of the molecule is CC1(C)CCC(NC(=O)NCC2CCC(C(=O)O)O2)C1. The lowest BCUT2D eigenvalue weighted by atomic mass is 9.92. The second kappa shape index (κ2) is 5.99. The first kappa shape index (κ1) is 15.1. The maximum Gasteiger partial charge on any atom is 0.332 e. The van der Waals surface area contributed by atoms with Crippen LogP contribution in [0.25, 0.3) is 0 Å². The van der Waals surface area contributed by atoms with Gasteiger partial charge in [-0.1, -0.05) is 13.8 Å². The van der Waals surface area contributed by atoms with Gasteiger partial charge in [0.05, 0.1) is 6.10 Å². The molecule has 2 rings (SSSR count). The third-order valence-electron chi connectivity index (χ3n) is 4.18. The largest absolute Gasteiger partial charge is 0.479 e. The third kappa shape index (κ3) is 4.10. The first-order valence-corrected chi connectivity index (χ1v) is 7.28. The van der Waals surface area contributed by atoms with Crippen molar-refractivity contribution >= 4 is 12.0 Å². The van der Waals surface area contributed by atoms with Gasteiger partial charge in [0.2, 0.25) is 0 Å². The Labute approximate surface area is 119 Å². The van der Waals surface area contributed by atoms with E-state index in [9.17, 15) is 9.59 Å². The lowest BCUT2D eigenvalue weighted by molar-refractivity contribution is -0.149. The van der Waals surface area contributed by atoms with Crippen LogP contribution in [0.3, 0.4) is 0 Å². The molecule has 2 aliphatic rings. The Balaban J connectivity index is 1.65. The van der Waals surface area contributed by atoms with Crippen LogP contribution in [-0.2, 0) is 9.53 Å². The zero-order valence-corrected chi connectivity index (χ0v) is 12.1. The maximum absolute atomic E-state index is 11.8. The van der Waals surface area contributed by atoms with E-state index < -0.39 is 12.1 Å². The van der Waals surface area contributed by atoms with Gasteiger partial charge in [-0.25, -0.2) is 9.59 Å². The van der Waals surface area contributed by atoms with Crippen LogP contribution in [0.1, 0.15) is 46.0 Å². The van der Waals surface area contributed by atoms with Crippen molar-refractivity contribution in [3.8, 4) is 0 Å². The van der Waals surface area contributed by atoms with Crippen molar-refractivity contribution in [3.05, 3.63) is 0 Å². The van der Waals surface area contributed by atoms with Crippen LogP contribution in [0.15, 0.2) is 0 Å². The smallest absolute Gasteiger partial charge is 0.332 e. The number of rotatable bonds is 4. The Hall–Kier alpha value is -1.30. The van der Waals surface area contributed by atoms with Crippen molar-refractivity contribution in [2.45, 2.75) is 64.2 Å². The van der Waals surface area contributed by atoms with E-state index in [-0.39, 0.29) is 18.2 Å². The fourth-order valence-corrected chi connectivity index (χ4v) is 3.04. The summed E-state index contributed by atoms with van der Waals surface area (Å²) in [5.41, 5.74) is 0.307. The molecule has 0 aromatic carbocycles. The Bertz CT molecular complexity index is 383. The molecule has 6 heteroatoms. The molecule has 0 spiro atoms. The van der Waals surface area contributed by atoms with Gasteiger partial charge in [-0.05, 0) is 37.5 Å². The van der Waals surface area contributed by atoms with Gasteiger partial charge >= 0.3 is 12.0 Å². The average Bonchev–Trinajstić information content (AvgIpc) is 2.93. The Morgan fingerprint density at radius 2 is 2.05 bits per heavy atom. The van der Waals surface area contributed by atoms with Crippen molar-refractivity contribution in [1.29, 1.82) is 0 Å². The molecule has 2 fully saturated rings. The second-order valence-corrected chi connectivity index (χ2v) is 6.62. The van der Waals surface area contributed by atoms with Gasteiger partial charge in [0.25, 0.3) is 0 Å². The zero-order chi connectivity index (χ0) is 14.8. The molecule has 1 aliphatic carbocycles. The molecule has 1 saturated heterocycles.